The molecular weight excluding hydrogens is 230 g/mol. The summed E-state index contributed by atoms with van der Waals surface area (Å²) in [6.07, 6.45) is 1.64. The van der Waals surface area contributed by atoms with Crippen molar-refractivity contribution in [2.24, 2.45) is 0 Å². The fourth-order valence-electron chi connectivity index (χ4n) is 1.72. The van der Waals surface area contributed by atoms with Crippen LogP contribution in [-0.4, -0.2) is 22.7 Å². The molecule has 0 saturated carbocycles. The number of nitrogens with zero attached hydrogens (tertiary/aromatic N) is 1. The number of carboxylic acids is 1. The van der Waals surface area contributed by atoms with Crippen LogP contribution >= 0.6 is 0 Å². The highest BCUT2D eigenvalue weighted by Gasteiger charge is 2.09. The average Bonchev–Trinajstić information content (AvgIpc) is 2.35. The lowest BCUT2D eigenvalue weighted by Gasteiger charge is -2.09. The second kappa shape index (κ2) is 4.87. The monoisotopic (exact) mass is 243 g/mol. The van der Waals surface area contributed by atoms with Crippen molar-refractivity contribution in [1.82, 2.24) is 4.98 Å². The number of hydrogen-bond acceptors (Lipinski definition) is 3. The molecule has 2 rings (SSSR count). The highest BCUT2D eigenvalue weighted by Crippen LogP contribution is 2.26. The van der Waals surface area contributed by atoms with E-state index in [-0.39, 0.29) is 5.56 Å². The van der Waals surface area contributed by atoms with Crippen LogP contribution in [-0.2, 0) is 0 Å². The molecule has 18 heavy (non-hydrogen) atoms. The Morgan fingerprint density at radius 1 is 1.50 bits per heavy atom. The minimum atomic E-state index is -0.966. The fourth-order valence-corrected chi connectivity index (χ4v) is 1.72. The highest BCUT2D eigenvalue weighted by atomic mass is 16.5. The van der Waals surface area contributed by atoms with Gasteiger partial charge in [-0.3, -0.25) is 4.98 Å². The van der Waals surface area contributed by atoms with Gasteiger partial charge in [-0.15, -0.1) is 0 Å². The van der Waals surface area contributed by atoms with Crippen molar-refractivity contribution >= 4 is 16.9 Å². The third-order valence-electron chi connectivity index (χ3n) is 2.50. The number of rotatable bonds is 4. The van der Waals surface area contributed by atoms with Gasteiger partial charge < -0.3 is 9.84 Å². The van der Waals surface area contributed by atoms with Gasteiger partial charge in [0.15, 0.2) is 0 Å². The van der Waals surface area contributed by atoms with Crippen molar-refractivity contribution < 1.29 is 14.6 Å². The van der Waals surface area contributed by atoms with Crippen LogP contribution < -0.4 is 4.74 Å². The second-order valence-corrected chi connectivity index (χ2v) is 3.90. The molecule has 0 aliphatic carbocycles. The molecule has 1 heterocycles. The second-order valence-electron chi connectivity index (χ2n) is 3.90. The molecule has 0 spiro atoms. The molecule has 0 saturated heterocycles. The first-order valence-electron chi connectivity index (χ1n) is 5.50. The zero-order chi connectivity index (χ0) is 13.1. The number of benzene rings is 1. The van der Waals surface area contributed by atoms with Gasteiger partial charge >= 0.3 is 5.97 Å². The Labute approximate surface area is 105 Å². The summed E-state index contributed by atoms with van der Waals surface area (Å²) in [6.45, 7) is 5.83. The number of pyridine rings is 1. The molecule has 1 aromatic heterocycles. The Balaban J connectivity index is 2.61. The van der Waals surface area contributed by atoms with Gasteiger partial charge in [-0.25, -0.2) is 4.79 Å². The number of ether oxygens (including phenoxy) is 1. The van der Waals surface area contributed by atoms with E-state index in [1.807, 2.05) is 6.92 Å². The average molecular weight is 243 g/mol. The number of aromatic nitrogens is 1. The van der Waals surface area contributed by atoms with Crippen molar-refractivity contribution in [2.45, 2.75) is 6.92 Å². The van der Waals surface area contributed by atoms with E-state index in [1.165, 1.54) is 6.07 Å². The molecular formula is C14H13NO3. The Hall–Kier alpha value is -2.36. The van der Waals surface area contributed by atoms with Crippen molar-refractivity contribution in [1.29, 1.82) is 0 Å². The summed E-state index contributed by atoms with van der Waals surface area (Å²) in [6, 6.07) is 6.58. The van der Waals surface area contributed by atoms with Gasteiger partial charge in [0, 0.05) is 17.1 Å². The molecule has 1 aromatic carbocycles. The highest BCUT2D eigenvalue weighted by molar-refractivity contribution is 5.95. The van der Waals surface area contributed by atoms with Crippen LogP contribution in [0.3, 0.4) is 0 Å². The maximum absolute atomic E-state index is 11.0. The molecule has 1 N–H and O–H groups in total. The Morgan fingerprint density at radius 3 is 2.94 bits per heavy atom. The third-order valence-corrected chi connectivity index (χ3v) is 2.50. The van der Waals surface area contributed by atoms with Crippen LogP contribution in [0, 0.1) is 6.92 Å². The summed E-state index contributed by atoms with van der Waals surface area (Å²) in [5.74, 6) is -0.340. The van der Waals surface area contributed by atoms with Crippen molar-refractivity contribution in [3.63, 3.8) is 0 Å². The first kappa shape index (κ1) is 12.1. The lowest BCUT2D eigenvalue weighted by atomic mass is 10.1. The molecule has 2 aromatic rings. The maximum atomic E-state index is 11.0. The molecule has 0 bridgehead atoms. The third kappa shape index (κ3) is 2.32. The number of carboxylic acid groups (broad SMARTS) is 1. The number of aryl methyl sites for hydroxylation is 1. The van der Waals surface area contributed by atoms with Gasteiger partial charge in [0.1, 0.15) is 12.4 Å². The summed E-state index contributed by atoms with van der Waals surface area (Å²) in [5, 5.41) is 9.69. The normalized spacial score (nSPS) is 10.3. The van der Waals surface area contributed by atoms with E-state index in [1.54, 1.807) is 24.3 Å². The van der Waals surface area contributed by atoms with Gasteiger partial charge in [-0.1, -0.05) is 12.7 Å². The molecule has 0 fully saturated rings. The minimum absolute atomic E-state index is 0.219. The Bertz CT molecular complexity index is 620. The Kier molecular flexibility index (Phi) is 3.28. The summed E-state index contributed by atoms with van der Waals surface area (Å²) in [4.78, 5) is 15.3. The van der Waals surface area contributed by atoms with Gasteiger partial charge in [-0.05, 0) is 25.1 Å². The number of fused-ring (bicyclic) bond motifs is 1. The first-order valence-corrected chi connectivity index (χ1v) is 5.50. The van der Waals surface area contributed by atoms with Gasteiger partial charge in [0.05, 0.1) is 11.1 Å². The maximum Gasteiger partial charge on any atom is 0.335 e. The van der Waals surface area contributed by atoms with E-state index < -0.39 is 5.97 Å². The number of carbonyl (C=O) groups is 1. The topological polar surface area (TPSA) is 59.4 Å². The van der Waals surface area contributed by atoms with Crippen molar-refractivity contribution in [2.75, 3.05) is 6.61 Å². The molecule has 4 heteroatoms. The SMILES string of the molecule is C=CCOc1cc(C)nc2ccc(C(=O)O)cc12. The lowest BCUT2D eigenvalue weighted by Crippen LogP contribution is -1.99. The zero-order valence-electron chi connectivity index (χ0n) is 10.0. The van der Waals surface area contributed by atoms with Crippen LogP contribution in [0.5, 0.6) is 5.75 Å². The predicted octanol–water partition coefficient (Wildman–Crippen LogP) is 2.81. The van der Waals surface area contributed by atoms with E-state index in [2.05, 4.69) is 11.6 Å². The minimum Gasteiger partial charge on any atom is -0.489 e. The van der Waals surface area contributed by atoms with E-state index in [4.69, 9.17) is 9.84 Å². The largest absolute Gasteiger partial charge is 0.489 e. The van der Waals surface area contributed by atoms with E-state index in [9.17, 15) is 4.79 Å². The Morgan fingerprint density at radius 2 is 2.28 bits per heavy atom. The molecule has 0 unspecified atom stereocenters. The van der Waals surface area contributed by atoms with Crippen molar-refractivity contribution in [3.8, 4) is 5.75 Å². The number of aromatic carboxylic acids is 1. The fraction of sp³-hybridized carbons (Fsp3) is 0.143. The van der Waals surface area contributed by atoms with E-state index in [0.29, 0.717) is 17.7 Å². The van der Waals surface area contributed by atoms with Gasteiger partial charge in [0.2, 0.25) is 0 Å². The van der Waals surface area contributed by atoms with E-state index >= 15 is 0 Å². The molecule has 0 aliphatic heterocycles. The zero-order valence-corrected chi connectivity index (χ0v) is 10.0. The summed E-state index contributed by atoms with van der Waals surface area (Å²) in [7, 11) is 0. The van der Waals surface area contributed by atoms with Crippen LogP contribution in [0.4, 0.5) is 0 Å². The molecule has 0 amide bonds. The summed E-state index contributed by atoms with van der Waals surface area (Å²) >= 11 is 0. The lowest BCUT2D eigenvalue weighted by molar-refractivity contribution is 0.0697. The van der Waals surface area contributed by atoms with Gasteiger partial charge in [0.25, 0.3) is 0 Å². The predicted molar refractivity (Wildman–Crippen MR) is 69.1 cm³/mol. The standard InChI is InChI=1S/C14H13NO3/c1-3-6-18-13-7-9(2)15-12-5-4-10(14(16)17)8-11(12)13/h3-5,7-8H,1,6H2,2H3,(H,16,17). The molecule has 92 valence electrons. The van der Waals surface area contributed by atoms with Crippen LogP contribution in [0.25, 0.3) is 10.9 Å². The smallest absolute Gasteiger partial charge is 0.335 e. The van der Waals surface area contributed by atoms with Crippen LogP contribution in [0.15, 0.2) is 36.9 Å². The van der Waals surface area contributed by atoms with Gasteiger partial charge in [-0.2, -0.15) is 0 Å². The van der Waals surface area contributed by atoms with Crippen molar-refractivity contribution in [3.05, 3.63) is 48.2 Å². The molecule has 4 nitrogen and oxygen atoms in total. The molecule has 0 aliphatic rings. The quantitative estimate of drug-likeness (QED) is 0.839. The summed E-state index contributed by atoms with van der Waals surface area (Å²) in [5.41, 5.74) is 1.76. The van der Waals surface area contributed by atoms with E-state index in [0.717, 1.165) is 11.2 Å². The molecule has 0 radical (unpaired) electrons. The summed E-state index contributed by atoms with van der Waals surface area (Å²) < 4.78 is 5.53. The number of hydrogen-bond donors (Lipinski definition) is 1. The van der Waals surface area contributed by atoms with Crippen LogP contribution in [0.1, 0.15) is 16.1 Å². The first-order chi connectivity index (χ1) is 8.61. The van der Waals surface area contributed by atoms with Crippen LogP contribution in [0.2, 0.25) is 0 Å². The molecule has 0 atom stereocenters.